The van der Waals surface area contributed by atoms with E-state index < -0.39 is 6.10 Å². The molecule has 26 heavy (non-hydrogen) atoms. The lowest BCUT2D eigenvalue weighted by atomic mass is 9.46. The van der Waals surface area contributed by atoms with Gasteiger partial charge in [0.05, 0.1) is 0 Å². The third-order valence-electron chi connectivity index (χ3n) is 8.94. The highest BCUT2D eigenvalue weighted by molar-refractivity contribution is 5.92. The van der Waals surface area contributed by atoms with E-state index in [9.17, 15) is 14.8 Å². The van der Waals surface area contributed by atoms with Gasteiger partial charge in [0, 0.05) is 17.8 Å². The molecule has 0 aliphatic heterocycles. The molecule has 0 spiro atoms. The maximum Gasteiger partial charge on any atom is 0.158 e. The highest BCUT2D eigenvalue weighted by Gasteiger charge is 2.63. The van der Waals surface area contributed by atoms with Gasteiger partial charge < -0.3 is 0 Å². The number of hydrogen-bond donors (Lipinski definition) is 1. The first-order chi connectivity index (χ1) is 12.2. The minimum atomic E-state index is -0.436. The van der Waals surface area contributed by atoms with E-state index in [0.29, 0.717) is 29.5 Å². The molecule has 0 aromatic rings. The Morgan fingerprint density at radius 3 is 2.65 bits per heavy atom. The van der Waals surface area contributed by atoms with Crippen LogP contribution >= 0.6 is 0 Å². The van der Waals surface area contributed by atoms with Crippen LogP contribution in [0.25, 0.3) is 0 Å². The smallest absolute Gasteiger partial charge is 0.158 e. The van der Waals surface area contributed by atoms with Gasteiger partial charge >= 0.3 is 0 Å². The van der Waals surface area contributed by atoms with Crippen LogP contribution in [0, 0.1) is 40.4 Å². The monoisotopic (exact) mass is 360 g/mol. The SMILES string of the molecule is CC(=O)[C@H]1C(C)C[C@H]2[C@@H]3CCC4=CC(=O)CC(OO)[C@]4(C)[C@H]3CC[C@]12C. The van der Waals surface area contributed by atoms with Crippen molar-refractivity contribution in [3.05, 3.63) is 11.6 Å². The van der Waals surface area contributed by atoms with E-state index in [0.717, 1.165) is 32.1 Å². The summed E-state index contributed by atoms with van der Waals surface area (Å²) in [6.45, 7) is 8.57. The zero-order valence-corrected chi connectivity index (χ0v) is 16.5. The van der Waals surface area contributed by atoms with Crippen LogP contribution in [0.15, 0.2) is 11.6 Å². The van der Waals surface area contributed by atoms with Crippen LogP contribution in [-0.2, 0) is 14.5 Å². The van der Waals surface area contributed by atoms with Crippen molar-refractivity contribution in [1.82, 2.24) is 0 Å². The fraction of sp³-hybridized carbons (Fsp3) is 0.818. The number of Topliss-reactive ketones (excluding diaryl/α,β-unsaturated/α-hetero) is 1. The van der Waals surface area contributed by atoms with E-state index >= 15 is 0 Å². The number of carbonyl (C=O) groups excluding carboxylic acids is 2. The van der Waals surface area contributed by atoms with Crippen LogP contribution in [0.2, 0.25) is 0 Å². The average Bonchev–Trinajstić information content (AvgIpc) is 2.85. The summed E-state index contributed by atoms with van der Waals surface area (Å²) in [5.41, 5.74) is 1.01. The molecule has 4 aliphatic carbocycles. The summed E-state index contributed by atoms with van der Waals surface area (Å²) in [5, 5.41) is 9.57. The molecular weight excluding hydrogens is 328 g/mol. The van der Waals surface area contributed by atoms with E-state index in [-0.39, 0.29) is 29.0 Å². The van der Waals surface area contributed by atoms with E-state index in [1.54, 1.807) is 6.92 Å². The summed E-state index contributed by atoms with van der Waals surface area (Å²) in [6.07, 6.45) is 6.90. The molecule has 4 heteroatoms. The molecule has 8 atom stereocenters. The lowest BCUT2D eigenvalue weighted by Gasteiger charge is -2.59. The molecule has 2 unspecified atom stereocenters. The number of fused-ring (bicyclic) bond motifs is 5. The van der Waals surface area contributed by atoms with Crippen LogP contribution in [0.3, 0.4) is 0 Å². The Bertz CT molecular complexity index is 667. The molecular formula is C22H32O4. The Morgan fingerprint density at radius 1 is 1.27 bits per heavy atom. The quantitative estimate of drug-likeness (QED) is 0.584. The largest absolute Gasteiger partial charge is 0.300 e. The average molecular weight is 360 g/mol. The van der Waals surface area contributed by atoms with Crippen molar-refractivity contribution in [3.63, 3.8) is 0 Å². The van der Waals surface area contributed by atoms with Crippen molar-refractivity contribution in [3.8, 4) is 0 Å². The van der Waals surface area contributed by atoms with Gasteiger partial charge in [0.15, 0.2) is 5.78 Å². The molecule has 0 amide bonds. The maximum atomic E-state index is 12.4. The van der Waals surface area contributed by atoms with Crippen LogP contribution in [-0.4, -0.2) is 22.9 Å². The van der Waals surface area contributed by atoms with Crippen molar-refractivity contribution >= 4 is 11.6 Å². The molecule has 0 heterocycles. The fourth-order valence-electron chi connectivity index (χ4n) is 7.96. The third kappa shape index (κ3) is 2.27. The predicted molar refractivity (Wildman–Crippen MR) is 98.3 cm³/mol. The Hall–Kier alpha value is -1.00. The summed E-state index contributed by atoms with van der Waals surface area (Å²) < 4.78 is 0. The second-order valence-corrected chi connectivity index (χ2v) is 9.98. The van der Waals surface area contributed by atoms with Crippen molar-refractivity contribution in [2.75, 3.05) is 0 Å². The van der Waals surface area contributed by atoms with Crippen molar-refractivity contribution in [2.45, 2.75) is 72.3 Å². The minimum absolute atomic E-state index is 0.0711. The molecule has 0 radical (unpaired) electrons. The van der Waals surface area contributed by atoms with Crippen LogP contribution in [0.5, 0.6) is 0 Å². The van der Waals surface area contributed by atoms with Gasteiger partial charge in [-0.1, -0.05) is 26.3 Å². The van der Waals surface area contributed by atoms with Crippen LogP contribution in [0.1, 0.15) is 66.2 Å². The van der Waals surface area contributed by atoms with E-state index in [1.807, 2.05) is 6.08 Å². The first-order valence-electron chi connectivity index (χ1n) is 10.3. The molecule has 0 bridgehead atoms. The van der Waals surface area contributed by atoms with Crippen LogP contribution < -0.4 is 0 Å². The van der Waals surface area contributed by atoms with Crippen LogP contribution in [0.4, 0.5) is 0 Å². The Balaban J connectivity index is 1.72. The number of rotatable bonds is 2. The van der Waals surface area contributed by atoms with E-state index in [2.05, 4.69) is 20.8 Å². The van der Waals surface area contributed by atoms with Gasteiger partial charge in [-0.05, 0) is 74.2 Å². The van der Waals surface area contributed by atoms with Gasteiger partial charge in [-0.3, -0.25) is 14.8 Å². The van der Waals surface area contributed by atoms with Gasteiger partial charge in [-0.25, -0.2) is 4.89 Å². The molecule has 3 fully saturated rings. The first kappa shape index (κ1) is 18.4. The van der Waals surface area contributed by atoms with Gasteiger partial charge in [-0.2, -0.15) is 0 Å². The van der Waals surface area contributed by atoms with Crippen molar-refractivity contribution < 1.29 is 19.7 Å². The third-order valence-corrected chi connectivity index (χ3v) is 8.94. The molecule has 4 rings (SSSR count). The summed E-state index contributed by atoms with van der Waals surface area (Å²) >= 11 is 0. The number of hydrogen-bond acceptors (Lipinski definition) is 4. The van der Waals surface area contributed by atoms with Gasteiger partial charge in [0.1, 0.15) is 11.9 Å². The topological polar surface area (TPSA) is 63.6 Å². The normalized spacial score (nSPS) is 50.5. The Morgan fingerprint density at radius 2 is 2.00 bits per heavy atom. The zero-order valence-electron chi connectivity index (χ0n) is 16.5. The lowest BCUT2D eigenvalue weighted by Crippen LogP contribution is -2.55. The van der Waals surface area contributed by atoms with Crippen molar-refractivity contribution in [1.29, 1.82) is 0 Å². The molecule has 144 valence electrons. The Labute approximate surface area is 156 Å². The molecule has 0 aromatic heterocycles. The minimum Gasteiger partial charge on any atom is -0.300 e. The second kappa shape index (κ2) is 6.00. The summed E-state index contributed by atoms with van der Waals surface area (Å²) in [5.74, 6) is 2.57. The molecule has 4 nitrogen and oxygen atoms in total. The van der Waals surface area contributed by atoms with Gasteiger partial charge in [0.2, 0.25) is 0 Å². The van der Waals surface area contributed by atoms with Gasteiger partial charge in [0.25, 0.3) is 0 Å². The zero-order chi connectivity index (χ0) is 18.9. The summed E-state index contributed by atoms with van der Waals surface area (Å²) in [7, 11) is 0. The van der Waals surface area contributed by atoms with E-state index in [1.165, 1.54) is 5.57 Å². The maximum absolute atomic E-state index is 12.4. The van der Waals surface area contributed by atoms with Gasteiger partial charge in [-0.15, -0.1) is 0 Å². The number of ketones is 2. The lowest BCUT2D eigenvalue weighted by molar-refractivity contribution is -0.309. The fourth-order valence-corrected chi connectivity index (χ4v) is 7.96. The Kier molecular flexibility index (Phi) is 4.24. The number of carbonyl (C=O) groups is 2. The molecule has 0 saturated heterocycles. The predicted octanol–water partition coefficient (Wildman–Crippen LogP) is 4.44. The second-order valence-electron chi connectivity index (χ2n) is 9.98. The molecule has 1 N–H and O–H groups in total. The molecule has 3 saturated carbocycles. The molecule has 4 aliphatic rings. The molecule has 0 aromatic carbocycles. The van der Waals surface area contributed by atoms with Crippen molar-refractivity contribution in [2.24, 2.45) is 40.4 Å². The standard InChI is InChI=1S/C22H32O4/c1-12-9-18-16-6-5-14-10-15(24)11-19(26-25)22(14,4)17(16)7-8-21(18,3)20(12)13(2)23/h10,12,16-20,25H,5-9,11H2,1-4H3/t12?,16-,17+,18+,19?,20-,21+,22+/m1/s1. The van der Waals surface area contributed by atoms with E-state index in [4.69, 9.17) is 4.89 Å². The summed E-state index contributed by atoms with van der Waals surface area (Å²) in [6, 6.07) is 0. The summed E-state index contributed by atoms with van der Waals surface area (Å²) in [4.78, 5) is 29.4. The first-order valence-corrected chi connectivity index (χ1v) is 10.3. The highest BCUT2D eigenvalue weighted by Crippen LogP contribution is 2.67. The highest BCUT2D eigenvalue weighted by atomic mass is 17.1.